The summed E-state index contributed by atoms with van der Waals surface area (Å²) in [7, 11) is 0. The monoisotopic (exact) mass is 190 g/mol. The molecular weight excluding hydrogens is 172 g/mol. The first kappa shape index (κ1) is 11.0. The van der Waals surface area contributed by atoms with Crippen LogP contribution in [-0.2, 0) is 6.42 Å². The van der Waals surface area contributed by atoms with Crippen LogP contribution < -0.4 is 0 Å². The Morgan fingerprint density at radius 3 is 2.43 bits per heavy atom. The van der Waals surface area contributed by atoms with Gasteiger partial charge in [-0.2, -0.15) is 0 Å². The standard InChI is InChI=1S/C13H18O/c1-10(2)13(14)11(3)9-12-7-5-4-6-8-12/h4-8,11,13-14H,1,9H2,2-3H3/t11-,13-/m1/s1. The van der Waals surface area contributed by atoms with Crippen LogP contribution in [0.3, 0.4) is 0 Å². The van der Waals surface area contributed by atoms with E-state index >= 15 is 0 Å². The summed E-state index contributed by atoms with van der Waals surface area (Å²) in [5.41, 5.74) is 2.11. The first-order chi connectivity index (χ1) is 6.61. The van der Waals surface area contributed by atoms with E-state index < -0.39 is 6.10 Å². The summed E-state index contributed by atoms with van der Waals surface area (Å²) in [6.07, 6.45) is 0.504. The number of aliphatic hydroxyl groups excluding tert-OH is 1. The maximum absolute atomic E-state index is 9.76. The van der Waals surface area contributed by atoms with E-state index in [1.807, 2.05) is 32.0 Å². The Hall–Kier alpha value is -1.08. The third-order valence-electron chi connectivity index (χ3n) is 2.44. The molecule has 0 spiro atoms. The summed E-state index contributed by atoms with van der Waals surface area (Å²) in [6.45, 7) is 7.68. The van der Waals surface area contributed by atoms with Gasteiger partial charge < -0.3 is 5.11 Å². The van der Waals surface area contributed by atoms with Crippen LogP contribution in [0.25, 0.3) is 0 Å². The average Bonchev–Trinajstić information content (AvgIpc) is 2.18. The molecule has 0 saturated carbocycles. The maximum atomic E-state index is 9.76. The molecule has 0 saturated heterocycles. The predicted molar refractivity (Wildman–Crippen MR) is 60.1 cm³/mol. The normalized spacial score (nSPS) is 14.8. The van der Waals surface area contributed by atoms with Crippen LogP contribution in [0.15, 0.2) is 42.5 Å². The molecule has 1 rings (SSSR count). The summed E-state index contributed by atoms with van der Waals surface area (Å²) in [4.78, 5) is 0. The fourth-order valence-electron chi connectivity index (χ4n) is 1.58. The number of benzene rings is 1. The van der Waals surface area contributed by atoms with Gasteiger partial charge in [-0.25, -0.2) is 0 Å². The Morgan fingerprint density at radius 2 is 1.93 bits per heavy atom. The third kappa shape index (κ3) is 3.00. The Balaban J connectivity index is 2.57. The van der Waals surface area contributed by atoms with Crippen molar-refractivity contribution in [3.8, 4) is 0 Å². The van der Waals surface area contributed by atoms with Crippen molar-refractivity contribution in [3.05, 3.63) is 48.0 Å². The van der Waals surface area contributed by atoms with E-state index in [2.05, 4.69) is 18.7 Å². The number of hydrogen-bond acceptors (Lipinski definition) is 1. The van der Waals surface area contributed by atoms with Gasteiger partial charge in [-0.15, -0.1) is 0 Å². The first-order valence-corrected chi connectivity index (χ1v) is 4.98. The highest BCUT2D eigenvalue weighted by Gasteiger charge is 2.14. The van der Waals surface area contributed by atoms with Gasteiger partial charge in [-0.05, 0) is 24.8 Å². The molecule has 0 aliphatic carbocycles. The summed E-state index contributed by atoms with van der Waals surface area (Å²) >= 11 is 0. The zero-order valence-corrected chi connectivity index (χ0v) is 8.90. The van der Waals surface area contributed by atoms with Gasteiger partial charge in [-0.1, -0.05) is 49.4 Å². The minimum atomic E-state index is -0.393. The fourth-order valence-corrected chi connectivity index (χ4v) is 1.58. The molecule has 0 unspecified atom stereocenters. The van der Waals surface area contributed by atoms with Gasteiger partial charge in [0.25, 0.3) is 0 Å². The van der Waals surface area contributed by atoms with Crippen molar-refractivity contribution in [1.82, 2.24) is 0 Å². The minimum Gasteiger partial charge on any atom is -0.388 e. The average molecular weight is 190 g/mol. The van der Waals surface area contributed by atoms with E-state index in [9.17, 15) is 5.11 Å². The highest BCUT2D eigenvalue weighted by Crippen LogP contribution is 2.16. The zero-order valence-electron chi connectivity index (χ0n) is 8.90. The van der Waals surface area contributed by atoms with Crippen molar-refractivity contribution in [2.45, 2.75) is 26.4 Å². The molecule has 1 heteroatoms. The van der Waals surface area contributed by atoms with Crippen molar-refractivity contribution < 1.29 is 5.11 Å². The Bertz CT molecular complexity index is 289. The number of rotatable bonds is 4. The maximum Gasteiger partial charge on any atom is 0.0773 e. The SMILES string of the molecule is C=C(C)[C@@H](O)[C@H](C)Cc1ccccc1. The molecule has 0 amide bonds. The lowest BCUT2D eigenvalue weighted by molar-refractivity contribution is 0.151. The summed E-state index contributed by atoms with van der Waals surface area (Å²) in [6, 6.07) is 10.2. The van der Waals surface area contributed by atoms with Crippen LogP contribution in [0.4, 0.5) is 0 Å². The molecular formula is C13H18O. The second-order valence-corrected chi connectivity index (χ2v) is 3.96. The quantitative estimate of drug-likeness (QED) is 0.724. The molecule has 1 aromatic carbocycles. The Labute approximate surface area is 86.1 Å². The largest absolute Gasteiger partial charge is 0.388 e. The number of hydrogen-bond donors (Lipinski definition) is 1. The lowest BCUT2D eigenvalue weighted by atomic mass is 9.92. The second-order valence-electron chi connectivity index (χ2n) is 3.96. The molecule has 1 aromatic rings. The van der Waals surface area contributed by atoms with E-state index in [4.69, 9.17) is 0 Å². The fraction of sp³-hybridized carbons (Fsp3) is 0.385. The van der Waals surface area contributed by atoms with Crippen molar-refractivity contribution in [2.75, 3.05) is 0 Å². The molecule has 14 heavy (non-hydrogen) atoms. The molecule has 0 bridgehead atoms. The molecule has 0 aliphatic rings. The summed E-state index contributed by atoms with van der Waals surface area (Å²) in [5.74, 6) is 0.231. The second kappa shape index (κ2) is 4.97. The van der Waals surface area contributed by atoms with Crippen LogP contribution in [0, 0.1) is 5.92 Å². The lowest BCUT2D eigenvalue weighted by Gasteiger charge is -2.18. The van der Waals surface area contributed by atoms with Crippen LogP contribution in [0.2, 0.25) is 0 Å². The van der Waals surface area contributed by atoms with Gasteiger partial charge in [0.2, 0.25) is 0 Å². The van der Waals surface area contributed by atoms with Gasteiger partial charge >= 0.3 is 0 Å². The molecule has 0 aliphatic heterocycles. The summed E-state index contributed by atoms with van der Waals surface area (Å²) < 4.78 is 0. The molecule has 1 N–H and O–H groups in total. The third-order valence-corrected chi connectivity index (χ3v) is 2.44. The molecule has 76 valence electrons. The molecule has 0 fully saturated rings. The van der Waals surface area contributed by atoms with E-state index in [0.717, 1.165) is 12.0 Å². The van der Waals surface area contributed by atoms with Gasteiger partial charge in [0.15, 0.2) is 0 Å². The molecule has 1 nitrogen and oxygen atoms in total. The zero-order chi connectivity index (χ0) is 10.6. The predicted octanol–water partition coefficient (Wildman–Crippen LogP) is 2.80. The van der Waals surface area contributed by atoms with Crippen molar-refractivity contribution >= 4 is 0 Å². The first-order valence-electron chi connectivity index (χ1n) is 4.98. The topological polar surface area (TPSA) is 20.2 Å². The van der Waals surface area contributed by atoms with E-state index in [1.54, 1.807) is 0 Å². The Kier molecular flexibility index (Phi) is 3.90. The van der Waals surface area contributed by atoms with E-state index in [0.29, 0.717) is 0 Å². The smallest absolute Gasteiger partial charge is 0.0773 e. The molecule has 0 aromatic heterocycles. The van der Waals surface area contributed by atoms with E-state index in [-0.39, 0.29) is 5.92 Å². The highest BCUT2D eigenvalue weighted by molar-refractivity contribution is 5.16. The highest BCUT2D eigenvalue weighted by atomic mass is 16.3. The van der Waals surface area contributed by atoms with Crippen LogP contribution in [0.5, 0.6) is 0 Å². The van der Waals surface area contributed by atoms with Crippen molar-refractivity contribution in [3.63, 3.8) is 0 Å². The van der Waals surface area contributed by atoms with Gasteiger partial charge in [-0.3, -0.25) is 0 Å². The van der Waals surface area contributed by atoms with Crippen LogP contribution in [0.1, 0.15) is 19.4 Å². The molecule has 0 radical (unpaired) electrons. The molecule has 2 atom stereocenters. The van der Waals surface area contributed by atoms with Gasteiger partial charge in [0.05, 0.1) is 6.10 Å². The molecule has 0 heterocycles. The van der Waals surface area contributed by atoms with Crippen molar-refractivity contribution in [1.29, 1.82) is 0 Å². The number of aliphatic hydroxyl groups is 1. The van der Waals surface area contributed by atoms with Gasteiger partial charge in [0, 0.05) is 0 Å². The lowest BCUT2D eigenvalue weighted by Crippen LogP contribution is -2.20. The van der Waals surface area contributed by atoms with E-state index in [1.165, 1.54) is 5.56 Å². The van der Waals surface area contributed by atoms with Crippen molar-refractivity contribution in [2.24, 2.45) is 5.92 Å². The summed E-state index contributed by atoms with van der Waals surface area (Å²) in [5, 5.41) is 9.76. The van der Waals surface area contributed by atoms with Gasteiger partial charge in [0.1, 0.15) is 0 Å². The minimum absolute atomic E-state index is 0.231. The van der Waals surface area contributed by atoms with Crippen LogP contribution in [-0.4, -0.2) is 11.2 Å². The Morgan fingerprint density at radius 1 is 1.36 bits per heavy atom. The van der Waals surface area contributed by atoms with Crippen LogP contribution >= 0.6 is 0 Å².